The summed E-state index contributed by atoms with van der Waals surface area (Å²) in [5.74, 6) is 0. The van der Waals surface area contributed by atoms with Crippen LogP contribution in [0.3, 0.4) is 0 Å². The summed E-state index contributed by atoms with van der Waals surface area (Å²) < 4.78 is 26.8. The number of hydrogen-bond donors (Lipinski definition) is 1. The van der Waals surface area contributed by atoms with E-state index in [-0.39, 0.29) is 28.4 Å². The fraction of sp³-hybridized carbons (Fsp3) is 0.571. The standard InChI is InChI=1S/C14H21ClN2O2S.ClH/c1-2-4-11-6-7-13(15)14(9-11)20(18,19)17-8-3-5-12(16)10-17;/h6-7,9,12H,2-5,8,10,16H2,1H3;1H/t12-;/m1./s1. The second kappa shape index (κ2) is 7.79. The number of piperidine rings is 1. The molecule has 0 radical (unpaired) electrons. The zero-order valence-electron chi connectivity index (χ0n) is 12.1. The normalized spacial score (nSPS) is 20.0. The van der Waals surface area contributed by atoms with E-state index in [2.05, 4.69) is 6.92 Å². The number of rotatable bonds is 4. The summed E-state index contributed by atoms with van der Waals surface area (Å²) in [6, 6.07) is 5.16. The topological polar surface area (TPSA) is 63.4 Å². The zero-order valence-corrected chi connectivity index (χ0v) is 14.5. The van der Waals surface area contributed by atoms with Crippen molar-refractivity contribution >= 4 is 34.0 Å². The van der Waals surface area contributed by atoms with E-state index in [9.17, 15) is 8.42 Å². The molecule has 1 fully saturated rings. The van der Waals surface area contributed by atoms with Gasteiger partial charge in [0.2, 0.25) is 10.0 Å². The largest absolute Gasteiger partial charge is 0.327 e. The van der Waals surface area contributed by atoms with Gasteiger partial charge in [0.25, 0.3) is 0 Å². The Balaban J connectivity index is 0.00000220. The average Bonchev–Trinajstić information content (AvgIpc) is 2.41. The van der Waals surface area contributed by atoms with Gasteiger partial charge in [0, 0.05) is 19.1 Å². The monoisotopic (exact) mass is 352 g/mol. The lowest BCUT2D eigenvalue weighted by Crippen LogP contribution is -2.45. The predicted molar refractivity (Wildman–Crippen MR) is 88.7 cm³/mol. The molecule has 1 aromatic rings. The molecular formula is C14H22Cl2N2O2S. The summed E-state index contributed by atoms with van der Waals surface area (Å²) in [4.78, 5) is 0.208. The van der Waals surface area contributed by atoms with Crippen molar-refractivity contribution in [3.05, 3.63) is 28.8 Å². The van der Waals surface area contributed by atoms with Gasteiger partial charge in [0.1, 0.15) is 4.90 Å². The van der Waals surface area contributed by atoms with Crippen molar-refractivity contribution in [2.45, 2.75) is 43.5 Å². The van der Waals surface area contributed by atoms with Crippen molar-refractivity contribution in [3.8, 4) is 0 Å². The van der Waals surface area contributed by atoms with Crippen LogP contribution in [0.25, 0.3) is 0 Å². The minimum atomic E-state index is -3.55. The summed E-state index contributed by atoms with van der Waals surface area (Å²) in [6.45, 7) is 2.95. The van der Waals surface area contributed by atoms with Gasteiger partial charge in [0.15, 0.2) is 0 Å². The van der Waals surface area contributed by atoms with Crippen molar-refractivity contribution < 1.29 is 8.42 Å². The van der Waals surface area contributed by atoms with Crippen LogP contribution in [-0.4, -0.2) is 31.9 Å². The molecule has 120 valence electrons. The van der Waals surface area contributed by atoms with Gasteiger partial charge in [-0.1, -0.05) is 31.0 Å². The molecule has 0 aromatic heterocycles. The van der Waals surface area contributed by atoms with Crippen LogP contribution in [0.2, 0.25) is 5.02 Å². The molecule has 0 amide bonds. The number of aryl methyl sites for hydroxylation is 1. The Bertz CT molecular complexity index is 578. The summed E-state index contributed by atoms with van der Waals surface area (Å²) in [5.41, 5.74) is 6.87. The van der Waals surface area contributed by atoms with Gasteiger partial charge in [-0.15, -0.1) is 12.4 Å². The van der Waals surface area contributed by atoms with Crippen LogP contribution in [0.15, 0.2) is 23.1 Å². The number of nitrogens with two attached hydrogens (primary N) is 1. The molecule has 2 rings (SSSR count). The molecule has 0 aliphatic carbocycles. The number of nitrogens with zero attached hydrogens (tertiary/aromatic N) is 1. The van der Waals surface area contributed by atoms with Gasteiger partial charge in [0.05, 0.1) is 5.02 Å². The first-order valence-electron chi connectivity index (χ1n) is 6.99. The molecule has 1 heterocycles. The van der Waals surface area contributed by atoms with Gasteiger partial charge >= 0.3 is 0 Å². The molecule has 21 heavy (non-hydrogen) atoms. The van der Waals surface area contributed by atoms with Crippen LogP contribution in [0.4, 0.5) is 0 Å². The van der Waals surface area contributed by atoms with E-state index in [1.54, 1.807) is 12.1 Å². The van der Waals surface area contributed by atoms with E-state index in [0.717, 1.165) is 31.2 Å². The third-order valence-electron chi connectivity index (χ3n) is 3.57. The van der Waals surface area contributed by atoms with Gasteiger partial charge in [-0.3, -0.25) is 0 Å². The Morgan fingerprint density at radius 2 is 2.14 bits per heavy atom. The third kappa shape index (κ3) is 4.33. The van der Waals surface area contributed by atoms with E-state index < -0.39 is 10.0 Å². The molecule has 1 aromatic carbocycles. The maximum absolute atomic E-state index is 12.7. The second-order valence-corrected chi connectivity index (χ2v) is 7.59. The van der Waals surface area contributed by atoms with Gasteiger partial charge < -0.3 is 5.73 Å². The van der Waals surface area contributed by atoms with E-state index >= 15 is 0 Å². The van der Waals surface area contributed by atoms with Crippen LogP contribution in [-0.2, 0) is 16.4 Å². The van der Waals surface area contributed by atoms with Crippen LogP contribution < -0.4 is 5.73 Å². The molecule has 0 unspecified atom stereocenters. The fourth-order valence-corrected chi connectivity index (χ4v) is 4.58. The molecule has 0 saturated carbocycles. The van der Waals surface area contributed by atoms with Crippen LogP contribution in [0.1, 0.15) is 31.7 Å². The summed E-state index contributed by atoms with van der Waals surface area (Å²) >= 11 is 6.10. The van der Waals surface area contributed by atoms with Gasteiger partial charge in [-0.05, 0) is 37.0 Å². The van der Waals surface area contributed by atoms with Crippen molar-refractivity contribution in [1.82, 2.24) is 4.31 Å². The molecular weight excluding hydrogens is 331 g/mol. The number of halogens is 2. The molecule has 2 N–H and O–H groups in total. The van der Waals surface area contributed by atoms with Crippen LogP contribution in [0.5, 0.6) is 0 Å². The summed E-state index contributed by atoms with van der Waals surface area (Å²) in [6.07, 6.45) is 3.48. The number of hydrogen-bond acceptors (Lipinski definition) is 3. The lowest BCUT2D eigenvalue weighted by Gasteiger charge is -2.30. The van der Waals surface area contributed by atoms with E-state index in [4.69, 9.17) is 17.3 Å². The highest BCUT2D eigenvalue weighted by Gasteiger charge is 2.30. The molecule has 1 aliphatic rings. The highest BCUT2D eigenvalue weighted by atomic mass is 35.5. The maximum atomic E-state index is 12.7. The fourth-order valence-electron chi connectivity index (χ4n) is 2.52. The first kappa shape index (κ1) is 18.7. The highest BCUT2D eigenvalue weighted by molar-refractivity contribution is 7.89. The Hall–Kier alpha value is -0.330. The minimum Gasteiger partial charge on any atom is -0.327 e. The molecule has 4 nitrogen and oxygen atoms in total. The maximum Gasteiger partial charge on any atom is 0.244 e. The van der Waals surface area contributed by atoms with Gasteiger partial charge in [-0.2, -0.15) is 4.31 Å². The molecule has 1 atom stereocenters. The lowest BCUT2D eigenvalue weighted by atomic mass is 10.1. The van der Waals surface area contributed by atoms with Crippen molar-refractivity contribution in [2.24, 2.45) is 5.73 Å². The van der Waals surface area contributed by atoms with Crippen LogP contribution >= 0.6 is 24.0 Å². The van der Waals surface area contributed by atoms with E-state index in [1.165, 1.54) is 4.31 Å². The number of sulfonamides is 1. The van der Waals surface area contributed by atoms with Crippen LogP contribution in [0, 0.1) is 0 Å². The Morgan fingerprint density at radius 3 is 2.76 bits per heavy atom. The number of benzene rings is 1. The summed E-state index contributed by atoms with van der Waals surface area (Å²) in [7, 11) is -3.55. The van der Waals surface area contributed by atoms with E-state index in [1.807, 2.05) is 6.07 Å². The Kier molecular flexibility index (Phi) is 6.94. The Morgan fingerprint density at radius 1 is 1.43 bits per heavy atom. The first-order valence-corrected chi connectivity index (χ1v) is 8.81. The summed E-state index contributed by atoms with van der Waals surface area (Å²) in [5, 5.41) is 0.281. The smallest absolute Gasteiger partial charge is 0.244 e. The van der Waals surface area contributed by atoms with Gasteiger partial charge in [-0.25, -0.2) is 8.42 Å². The molecule has 0 spiro atoms. The van der Waals surface area contributed by atoms with Crippen molar-refractivity contribution in [3.63, 3.8) is 0 Å². The third-order valence-corrected chi connectivity index (χ3v) is 5.92. The lowest BCUT2D eigenvalue weighted by molar-refractivity contribution is 0.316. The molecule has 1 aliphatic heterocycles. The highest BCUT2D eigenvalue weighted by Crippen LogP contribution is 2.28. The molecule has 1 saturated heterocycles. The first-order chi connectivity index (χ1) is 9.45. The zero-order chi connectivity index (χ0) is 14.8. The molecule has 7 heteroatoms. The van der Waals surface area contributed by atoms with Crippen molar-refractivity contribution in [1.29, 1.82) is 0 Å². The van der Waals surface area contributed by atoms with Crippen molar-refractivity contribution in [2.75, 3.05) is 13.1 Å². The predicted octanol–water partition coefficient (Wildman–Crippen LogP) is 2.83. The Labute approximate surface area is 138 Å². The minimum absolute atomic E-state index is 0. The molecule has 0 bridgehead atoms. The quantitative estimate of drug-likeness (QED) is 0.905. The second-order valence-electron chi connectivity index (χ2n) is 5.28. The SMILES string of the molecule is CCCc1ccc(Cl)c(S(=O)(=O)N2CCC[C@@H](N)C2)c1.Cl. The van der Waals surface area contributed by atoms with E-state index in [0.29, 0.717) is 13.1 Å². The average molecular weight is 353 g/mol.